The van der Waals surface area contributed by atoms with Crippen molar-refractivity contribution in [3.63, 3.8) is 0 Å². The van der Waals surface area contributed by atoms with Gasteiger partial charge in [-0.15, -0.1) is 0 Å². The van der Waals surface area contributed by atoms with Crippen LogP contribution in [0.2, 0.25) is 0 Å². The topological polar surface area (TPSA) is 86.8 Å². The van der Waals surface area contributed by atoms with Gasteiger partial charge in [0, 0.05) is 19.5 Å². The second-order valence-electron chi connectivity index (χ2n) is 12.0. The lowest BCUT2D eigenvalue weighted by Crippen LogP contribution is -2.53. The number of carbonyl (C=O) groups is 2. The Hall–Kier alpha value is -4.43. The molecule has 4 aromatic carbocycles. The molecule has 0 saturated heterocycles. The second kappa shape index (κ2) is 15.7. The standard InChI is InChI=1S/C38H45N3O4S/c1-6-7-23-39-38(43)36(25-32-11-9-8-10-12-32)40(26-33-19-14-28(2)15-20-33)37(42)27-41(35-24-30(4)13-18-31(35)5)46(44,45)34-21-16-29(3)17-22-34/h8-22,24,36H,6-7,23,25-27H2,1-5H3,(H,39,43)/t36-/m1/s1. The first-order valence-electron chi connectivity index (χ1n) is 15.8. The number of aryl methyl sites for hydroxylation is 4. The number of hydrogen-bond donors (Lipinski definition) is 1. The number of amides is 2. The zero-order valence-corrected chi connectivity index (χ0v) is 28.3. The minimum atomic E-state index is -4.15. The van der Waals surface area contributed by atoms with Crippen LogP contribution in [0.1, 0.15) is 53.1 Å². The van der Waals surface area contributed by atoms with Crippen molar-refractivity contribution in [2.45, 2.75) is 71.4 Å². The van der Waals surface area contributed by atoms with Crippen molar-refractivity contribution >= 4 is 27.5 Å². The average molecular weight is 640 g/mol. The molecule has 0 radical (unpaired) electrons. The van der Waals surface area contributed by atoms with Gasteiger partial charge in [0.15, 0.2) is 0 Å². The summed E-state index contributed by atoms with van der Waals surface area (Å²) in [6.45, 7) is 9.82. The van der Waals surface area contributed by atoms with Gasteiger partial charge in [-0.1, -0.05) is 103 Å². The summed E-state index contributed by atoms with van der Waals surface area (Å²) < 4.78 is 29.8. The lowest BCUT2D eigenvalue weighted by Gasteiger charge is -2.34. The van der Waals surface area contributed by atoms with Gasteiger partial charge < -0.3 is 10.2 Å². The number of anilines is 1. The average Bonchev–Trinajstić information content (AvgIpc) is 3.04. The van der Waals surface area contributed by atoms with Crippen molar-refractivity contribution in [2.24, 2.45) is 0 Å². The fourth-order valence-corrected chi connectivity index (χ4v) is 6.76. The van der Waals surface area contributed by atoms with Crippen molar-refractivity contribution in [3.05, 3.63) is 130 Å². The molecule has 0 unspecified atom stereocenters. The number of hydrogen-bond acceptors (Lipinski definition) is 4. The van der Waals surface area contributed by atoms with Gasteiger partial charge in [0.05, 0.1) is 10.6 Å². The van der Waals surface area contributed by atoms with E-state index in [1.54, 1.807) is 35.2 Å². The number of unbranched alkanes of at least 4 members (excludes halogenated alkanes) is 1. The zero-order chi connectivity index (χ0) is 33.3. The van der Waals surface area contributed by atoms with Gasteiger partial charge in [0.2, 0.25) is 11.8 Å². The molecule has 0 bridgehead atoms. The Balaban J connectivity index is 1.81. The fourth-order valence-electron chi connectivity index (χ4n) is 5.29. The van der Waals surface area contributed by atoms with Gasteiger partial charge in [0.25, 0.3) is 10.0 Å². The molecule has 4 aromatic rings. The molecule has 46 heavy (non-hydrogen) atoms. The van der Waals surface area contributed by atoms with E-state index < -0.39 is 28.5 Å². The summed E-state index contributed by atoms with van der Waals surface area (Å²) in [5.41, 5.74) is 5.76. The highest BCUT2D eigenvalue weighted by atomic mass is 32.2. The maximum atomic E-state index is 14.6. The molecule has 242 valence electrons. The number of rotatable bonds is 14. The van der Waals surface area contributed by atoms with Crippen LogP contribution in [0.5, 0.6) is 0 Å². The Morgan fingerprint density at radius 2 is 1.37 bits per heavy atom. The Morgan fingerprint density at radius 1 is 0.761 bits per heavy atom. The molecule has 0 aliphatic heterocycles. The largest absolute Gasteiger partial charge is 0.354 e. The third-order valence-electron chi connectivity index (χ3n) is 8.10. The quantitative estimate of drug-likeness (QED) is 0.156. The SMILES string of the molecule is CCCCNC(=O)[C@@H](Cc1ccccc1)N(Cc1ccc(C)cc1)C(=O)CN(c1cc(C)ccc1C)S(=O)(=O)c1ccc(C)cc1. The number of nitrogens with zero attached hydrogens (tertiary/aromatic N) is 2. The molecule has 0 aliphatic rings. The zero-order valence-electron chi connectivity index (χ0n) is 27.5. The third-order valence-corrected chi connectivity index (χ3v) is 9.87. The van der Waals surface area contributed by atoms with Crippen molar-refractivity contribution in [2.75, 3.05) is 17.4 Å². The van der Waals surface area contributed by atoms with Crippen LogP contribution in [0.15, 0.2) is 102 Å². The molecular formula is C38H45N3O4S. The molecule has 0 saturated carbocycles. The molecule has 1 N–H and O–H groups in total. The highest BCUT2D eigenvalue weighted by Crippen LogP contribution is 2.29. The van der Waals surface area contributed by atoms with Crippen LogP contribution in [-0.2, 0) is 32.6 Å². The van der Waals surface area contributed by atoms with Crippen molar-refractivity contribution < 1.29 is 18.0 Å². The lowest BCUT2D eigenvalue weighted by atomic mass is 10.0. The van der Waals surface area contributed by atoms with E-state index in [2.05, 4.69) is 12.2 Å². The van der Waals surface area contributed by atoms with E-state index in [4.69, 9.17) is 0 Å². The van der Waals surface area contributed by atoms with Crippen LogP contribution >= 0.6 is 0 Å². The van der Waals surface area contributed by atoms with Gasteiger partial charge >= 0.3 is 0 Å². The summed E-state index contributed by atoms with van der Waals surface area (Å²) in [6, 6.07) is 28.7. The van der Waals surface area contributed by atoms with E-state index in [0.717, 1.165) is 46.2 Å². The number of benzene rings is 4. The number of sulfonamides is 1. The normalized spacial score (nSPS) is 11.9. The van der Waals surface area contributed by atoms with Crippen molar-refractivity contribution in [3.8, 4) is 0 Å². The lowest BCUT2D eigenvalue weighted by molar-refractivity contribution is -0.140. The van der Waals surface area contributed by atoms with Gasteiger partial charge in [-0.05, 0) is 74.6 Å². The van der Waals surface area contributed by atoms with Gasteiger partial charge in [-0.3, -0.25) is 13.9 Å². The monoisotopic (exact) mass is 639 g/mol. The molecule has 0 spiro atoms. The van der Waals surface area contributed by atoms with E-state index in [-0.39, 0.29) is 23.8 Å². The predicted molar refractivity (Wildman–Crippen MR) is 185 cm³/mol. The first-order valence-corrected chi connectivity index (χ1v) is 17.3. The van der Waals surface area contributed by atoms with Crippen LogP contribution in [0, 0.1) is 27.7 Å². The van der Waals surface area contributed by atoms with Crippen LogP contribution < -0.4 is 9.62 Å². The summed E-state index contributed by atoms with van der Waals surface area (Å²) >= 11 is 0. The Morgan fingerprint density at radius 3 is 2.00 bits per heavy atom. The summed E-state index contributed by atoms with van der Waals surface area (Å²) in [6.07, 6.45) is 2.01. The summed E-state index contributed by atoms with van der Waals surface area (Å²) in [4.78, 5) is 30.1. The molecule has 4 rings (SSSR count). The summed E-state index contributed by atoms with van der Waals surface area (Å²) in [7, 11) is -4.15. The highest BCUT2D eigenvalue weighted by Gasteiger charge is 2.35. The van der Waals surface area contributed by atoms with Gasteiger partial charge in [0.1, 0.15) is 12.6 Å². The minimum Gasteiger partial charge on any atom is -0.354 e. The molecule has 0 fully saturated rings. The smallest absolute Gasteiger partial charge is 0.264 e. The maximum Gasteiger partial charge on any atom is 0.264 e. The van der Waals surface area contributed by atoms with E-state index in [0.29, 0.717) is 12.2 Å². The molecule has 7 nitrogen and oxygen atoms in total. The Labute approximate surface area is 274 Å². The van der Waals surface area contributed by atoms with Crippen LogP contribution in [-0.4, -0.2) is 44.3 Å². The number of carbonyl (C=O) groups excluding carboxylic acids is 2. The first kappa shape index (κ1) is 34.4. The van der Waals surface area contributed by atoms with E-state index in [1.807, 2.05) is 94.4 Å². The third kappa shape index (κ3) is 8.85. The van der Waals surface area contributed by atoms with E-state index in [1.165, 1.54) is 4.31 Å². The van der Waals surface area contributed by atoms with Crippen molar-refractivity contribution in [1.82, 2.24) is 10.2 Å². The molecule has 1 atom stereocenters. The first-order chi connectivity index (χ1) is 22.0. The Bertz CT molecular complexity index is 1720. The molecule has 8 heteroatoms. The van der Waals surface area contributed by atoms with Gasteiger partial charge in [-0.25, -0.2) is 8.42 Å². The summed E-state index contributed by atoms with van der Waals surface area (Å²) in [5, 5.41) is 3.03. The molecule has 2 amide bonds. The predicted octanol–water partition coefficient (Wildman–Crippen LogP) is 6.67. The molecule has 0 heterocycles. The van der Waals surface area contributed by atoms with Crippen molar-refractivity contribution in [1.29, 1.82) is 0 Å². The van der Waals surface area contributed by atoms with E-state index >= 15 is 0 Å². The fraction of sp³-hybridized carbons (Fsp3) is 0.316. The number of nitrogens with one attached hydrogen (secondary N) is 1. The van der Waals surface area contributed by atoms with E-state index in [9.17, 15) is 18.0 Å². The van der Waals surface area contributed by atoms with Gasteiger partial charge in [-0.2, -0.15) is 0 Å². The molecular weight excluding hydrogens is 595 g/mol. The second-order valence-corrected chi connectivity index (χ2v) is 13.8. The minimum absolute atomic E-state index is 0.0926. The maximum absolute atomic E-state index is 14.6. The Kier molecular flexibility index (Phi) is 11.8. The van der Waals surface area contributed by atoms with Crippen LogP contribution in [0.3, 0.4) is 0 Å². The van der Waals surface area contributed by atoms with Crippen LogP contribution in [0.25, 0.3) is 0 Å². The summed E-state index contributed by atoms with van der Waals surface area (Å²) in [5.74, 6) is -0.735. The highest BCUT2D eigenvalue weighted by molar-refractivity contribution is 7.92. The van der Waals surface area contributed by atoms with Crippen LogP contribution in [0.4, 0.5) is 5.69 Å². The molecule has 0 aliphatic carbocycles. The molecule has 0 aromatic heterocycles.